The summed E-state index contributed by atoms with van der Waals surface area (Å²) in [6.45, 7) is 0. The van der Waals surface area contributed by atoms with Gasteiger partial charge in [-0.1, -0.05) is 12.1 Å². The topological polar surface area (TPSA) is 44.9 Å². The second-order valence-electron chi connectivity index (χ2n) is 2.97. The predicted octanol–water partition coefficient (Wildman–Crippen LogP) is 0.976. The third-order valence-corrected chi connectivity index (χ3v) is 2.15. The minimum Gasteiger partial charge on any atom is -0.593 e. The van der Waals surface area contributed by atoms with Crippen LogP contribution in [-0.4, -0.2) is 9.67 Å². The van der Waals surface area contributed by atoms with Gasteiger partial charge in [0, 0.05) is 7.05 Å². The van der Waals surface area contributed by atoms with Gasteiger partial charge in [0.1, 0.15) is 0 Å². The van der Waals surface area contributed by atoms with Gasteiger partial charge in [0.25, 0.3) is 11.3 Å². The van der Waals surface area contributed by atoms with E-state index in [1.165, 1.54) is 6.07 Å². The van der Waals surface area contributed by atoms with Crippen molar-refractivity contribution in [3.63, 3.8) is 0 Å². The number of hydrogen-bond acceptors (Lipinski definition) is 1. The van der Waals surface area contributed by atoms with Gasteiger partial charge >= 0.3 is 0 Å². The molecule has 2 N–H and O–H groups in total. The molecule has 0 amide bonds. The van der Waals surface area contributed by atoms with E-state index in [0.29, 0.717) is 5.75 Å². The molecule has 1 aromatic heterocycles. The highest BCUT2D eigenvalue weighted by molar-refractivity contribution is 5.84. The van der Waals surface area contributed by atoms with Gasteiger partial charge in [0.2, 0.25) is 0 Å². The average molecular weight is 176 g/mol. The van der Waals surface area contributed by atoms with Crippen LogP contribution in [0, 0.1) is 0 Å². The monoisotopic (exact) mass is 176 g/mol. The second-order valence-corrected chi connectivity index (χ2v) is 2.97. The molecule has 1 aromatic carbocycles. The van der Waals surface area contributed by atoms with Crippen LogP contribution in [0.1, 0.15) is 0 Å². The Balaban J connectivity index is 3.06. The van der Waals surface area contributed by atoms with Crippen molar-refractivity contribution < 1.29 is 5.11 Å². The van der Waals surface area contributed by atoms with Crippen molar-refractivity contribution in [3.05, 3.63) is 40.7 Å². The molecular weight excluding hydrogens is 166 g/mol. The summed E-state index contributed by atoms with van der Waals surface area (Å²) in [5, 5.41) is 8.40. The number of hydrogen-bond donors (Lipinski definition) is 0. The molecule has 3 heteroatoms. The molecular formula is C10H10NO2+. The largest absolute Gasteiger partial charge is 0.593 e. The number of benzene rings is 1. The molecule has 2 rings (SSSR count). The van der Waals surface area contributed by atoms with Crippen LogP contribution in [0.4, 0.5) is 0 Å². The molecule has 0 aliphatic rings. The van der Waals surface area contributed by atoms with E-state index in [1.54, 1.807) is 11.6 Å². The van der Waals surface area contributed by atoms with Crippen LogP contribution in [0.15, 0.2) is 35.1 Å². The Labute approximate surface area is 74.9 Å². The summed E-state index contributed by atoms with van der Waals surface area (Å²) in [4.78, 5) is 11.3. The van der Waals surface area contributed by atoms with Gasteiger partial charge in [0.15, 0.2) is 0 Å². The molecule has 0 bridgehead atoms. The van der Waals surface area contributed by atoms with Crippen LogP contribution in [-0.2, 0) is 7.05 Å². The lowest BCUT2D eigenvalue weighted by molar-refractivity contribution is 0.479. The zero-order chi connectivity index (χ0) is 9.42. The Kier molecular flexibility index (Phi) is 1.59. The highest BCUT2D eigenvalue weighted by atomic mass is 16.3. The van der Waals surface area contributed by atoms with E-state index in [-0.39, 0.29) is 5.56 Å². The van der Waals surface area contributed by atoms with Crippen molar-refractivity contribution >= 4 is 10.9 Å². The molecule has 0 spiro atoms. The van der Waals surface area contributed by atoms with Crippen LogP contribution >= 0.6 is 0 Å². The summed E-state index contributed by atoms with van der Waals surface area (Å²) < 4.78 is 1.55. The molecule has 0 radical (unpaired) electrons. The lowest BCUT2D eigenvalue weighted by Crippen LogP contribution is -2.15. The Bertz CT molecular complexity index is 514. The van der Waals surface area contributed by atoms with E-state index >= 15 is 0 Å². The molecule has 13 heavy (non-hydrogen) atoms. The van der Waals surface area contributed by atoms with Gasteiger partial charge in [-0.25, -0.2) is 0 Å². The van der Waals surface area contributed by atoms with Crippen molar-refractivity contribution in [2.45, 2.75) is 0 Å². The Morgan fingerprint density at radius 1 is 1.31 bits per heavy atom. The maximum atomic E-state index is 11.3. The first kappa shape index (κ1) is 7.86. The predicted molar refractivity (Wildman–Crippen MR) is 52.2 cm³/mol. The van der Waals surface area contributed by atoms with Crippen molar-refractivity contribution in [1.82, 2.24) is 4.57 Å². The molecule has 0 fully saturated rings. The van der Waals surface area contributed by atoms with Crippen molar-refractivity contribution in [2.75, 3.05) is 0 Å². The SMILES string of the molecule is Cn1c(=O)cc([OH2+])c2ccccc21. The third-order valence-electron chi connectivity index (χ3n) is 2.15. The maximum absolute atomic E-state index is 11.3. The lowest BCUT2D eigenvalue weighted by Gasteiger charge is -2.02. The van der Waals surface area contributed by atoms with E-state index in [1.807, 2.05) is 24.3 Å². The molecule has 3 nitrogen and oxygen atoms in total. The molecule has 0 aliphatic carbocycles. The van der Waals surface area contributed by atoms with E-state index in [2.05, 4.69) is 0 Å². The summed E-state index contributed by atoms with van der Waals surface area (Å²) in [5.41, 5.74) is 0.670. The van der Waals surface area contributed by atoms with E-state index < -0.39 is 0 Å². The fourth-order valence-electron chi connectivity index (χ4n) is 1.41. The third kappa shape index (κ3) is 1.09. The van der Waals surface area contributed by atoms with Gasteiger partial charge in [0.05, 0.1) is 17.0 Å². The van der Waals surface area contributed by atoms with Gasteiger partial charge in [-0.3, -0.25) is 4.79 Å². The molecule has 0 aliphatic heterocycles. The summed E-state index contributed by atoms with van der Waals surface area (Å²) >= 11 is 0. The minimum atomic E-state index is -0.135. The number of pyridine rings is 1. The summed E-state index contributed by atoms with van der Waals surface area (Å²) in [5.74, 6) is 0.290. The van der Waals surface area contributed by atoms with Crippen molar-refractivity contribution in [1.29, 1.82) is 0 Å². The van der Waals surface area contributed by atoms with E-state index in [0.717, 1.165) is 10.9 Å². The number of para-hydroxylation sites is 1. The van der Waals surface area contributed by atoms with E-state index in [9.17, 15) is 4.79 Å². The molecule has 66 valence electrons. The lowest BCUT2D eigenvalue weighted by atomic mass is 10.2. The van der Waals surface area contributed by atoms with Gasteiger partial charge in [-0.2, -0.15) is 0 Å². The quantitative estimate of drug-likeness (QED) is 0.552. The number of aryl methyl sites for hydroxylation is 1. The molecule has 1 heterocycles. The minimum absolute atomic E-state index is 0.135. The van der Waals surface area contributed by atoms with Gasteiger partial charge in [-0.05, 0) is 12.1 Å². The Morgan fingerprint density at radius 3 is 2.77 bits per heavy atom. The van der Waals surface area contributed by atoms with Gasteiger partial charge < -0.3 is 9.67 Å². The fraction of sp³-hybridized carbons (Fsp3) is 0.100. The van der Waals surface area contributed by atoms with Crippen molar-refractivity contribution in [2.24, 2.45) is 7.05 Å². The second kappa shape index (κ2) is 2.62. The average Bonchev–Trinajstić information content (AvgIpc) is 2.15. The first-order chi connectivity index (χ1) is 6.20. The first-order valence-electron chi connectivity index (χ1n) is 4.00. The number of nitrogens with zero attached hydrogens (tertiary/aromatic N) is 1. The molecule has 0 atom stereocenters. The van der Waals surface area contributed by atoms with Crippen LogP contribution < -0.4 is 5.56 Å². The molecule has 0 saturated heterocycles. The number of fused-ring (bicyclic) bond motifs is 1. The normalized spacial score (nSPS) is 10.5. The summed E-state index contributed by atoms with van der Waals surface area (Å²) in [6.07, 6.45) is 0. The standard InChI is InChI=1S/C10H9NO2/c1-11-8-5-3-2-4-7(8)9(12)6-10(11)13/h2-6,12H,1H3/p+1. The number of aromatic nitrogens is 1. The fourth-order valence-corrected chi connectivity index (χ4v) is 1.41. The molecule has 0 saturated carbocycles. The van der Waals surface area contributed by atoms with E-state index in [4.69, 9.17) is 5.11 Å². The highest BCUT2D eigenvalue weighted by Crippen LogP contribution is 2.20. The van der Waals surface area contributed by atoms with Gasteiger partial charge in [-0.15, -0.1) is 0 Å². The van der Waals surface area contributed by atoms with Crippen LogP contribution in [0.25, 0.3) is 10.9 Å². The smallest absolute Gasteiger partial charge is 0.268 e. The highest BCUT2D eigenvalue weighted by Gasteiger charge is 2.06. The van der Waals surface area contributed by atoms with Crippen LogP contribution in [0.2, 0.25) is 0 Å². The zero-order valence-corrected chi connectivity index (χ0v) is 7.24. The maximum Gasteiger partial charge on any atom is 0.268 e. The molecule has 0 unspecified atom stereocenters. The van der Waals surface area contributed by atoms with Crippen LogP contribution in [0.5, 0.6) is 5.75 Å². The summed E-state index contributed by atoms with van der Waals surface area (Å²) in [7, 11) is 1.71. The first-order valence-corrected chi connectivity index (χ1v) is 4.00. The van der Waals surface area contributed by atoms with Crippen molar-refractivity contribution in [3.8, 4) is 5.75 Å². The Hall–Kier alpha value is -1.77. The number of rotatable bonds is 0. The Morgan fingerprint density at radius 2 is 2.00 bits per heavy atom. The molecule has 2 aromatic rings. The van der Waals surface area contributed by atoms with Crippen LogP contribution in [0.3, 0.4) is 0 Å². The summed E-state index contributed by atoms with van der Waals surface area (Å²) in [6, 6.07) is 8.75. The zero-order valence-electron chi connectivity index (χ0n) is 7.24.